The Labute approximate surface area is 214 Å². The average molecular weight is 497 g/mol. The highest BCUT2D eigenvalue weighted by atomic mass is 16.5. The van der Waals surface area contributed by atoms with Gasteiger partial charge in [0.2, 0.25) is 0 Å². The number of ether oxygens (including phenoxy) is 1. The molecule has 0 radical (unpaired) electrons. The minimum Gasteiger partial charge on any atom is -0.385 e. The predicted molar refractivity (Wildman–Crippen MR) is 140 cm³/mol. The molecule has 1 saturated carbocycles. The van der Waals surface area contributed by atoms with Crippen molar-refractivity contribution in [2.75, 3.05) is 46.4 Å². The van der Waals surface area contributed by atoms with Gasteiger partial charge in [0.1, 0.15) is 0 Å². The molecule has 0 aromatic carbocycles. The summed E-state index contributed by atoms with van der Waals surface area (Å²) in [6.45, 7) is 12.8. The van der Waals surface area contributed by atoms with E-state index in [2.05, 4.69) is 34.4 Å². The van der Waals surface area contributed by atoms with Crippen molar-refractivity contribution in [3.05, 3.63) is 47.3 Å². The van der Waals surface area contributed by atoms with E-state index in [1.165, 1.54) is 19.3 Å². The van der Waals surface area contributed by atoms with Gasteiger partial charge in [-0.05, 0) is 56.3 Å². The van der Waals surface area contributed by atoms with Crippen molar-refractivity contribution in [2.24, 2.45) is 5.92 Å². The fourth-order valence-corrected chi connectivity index (χ4v) is 5.04. The minimum atomic E-state index is -0.109. The molecular weight excluding hydrogens is 456 g/mol. The molecule has 1 saturated heterocycles. The molecule has 0 spiro atoms. The summed E-state index contributed by atoms with van der Waals surface area (Å²) >= 11 is 0. The molecule has 2 aliphatic heterocycles. The largest absolute Gasteiger partial charge is 0.385 e. The average Bonchev–Trinajstić information content (AvgIpc) is 3.28. The van der Waals surface area contributed by atoms with Gasteiger partial charge in [-0.15, -0.1) is 0 Å². The van der Waals surface area contributed by atoms with Crippen molar-refractivity contribution in [2.45, 2.75) is 52.1 Å². The second-order valence-electron chi connectivity index (χ2n) is 10.1. The number of nitrogens with one attached hydrogen (secondary N) is 2. The molecule has 2 amide bonds. The summed E-state index contributed by atoms with van der Waals surface area (Å²) in [5.74, 6) is 0.490. The third-order valence-electron chi connectivity index (χ3n) is 7.52. The zero-order chi connectivity index (χ0) is 25.7. The highest BCUT2D eigenvalue weighted by Gasteiger charge is 2.31. The van der Waals surface area contributed by atoms with E-state index in [9.17, 15) is 9.59 Å². The van der Waals surface area contributed by atoms with Crippen LogP contribution >= 0.6 is 0 Å². The van der Waals surface area contributed by atoms with Gasteiger partial charge in [0.05, 0.1) is 17.5 Å². The standard InChI is InChI=1S/C27H40N6O3/c1-5-19(2)23(27(35)31-11-12-32(20(3)17-31)29-10-7-13-36-4)14-22-15-28-26(34)24-16-30-33(25(22)24)18-21-8-6-9-21/h5,14,16,20-21,29H,1,6-13,15,17-18H2,2-4H3,(H,28,34)/b22-14+,23-19+/t20-/m0/s1. The molecule has 196 valence electrons. The number of hydrogen-bond donors (Lipinski definition) is 2. The van der Waals surface area contributed by atoms with Gasteiger partial charge in [0, 0.05) is 64.6 Å². The minimum absolute atomic E-state index is 0.00529. The fourth-order valence-electron chi connectivity index (χ4n) is 5.04. The number of carbonyl (C=O) groups is 2. The maximum absolute atomic E-state index is 13.8. The zero-order valence-corrected chi connectivity index (χ0v) is 21.9. The summed E-state index contributed by atoms with van der Waals surface area (Å²) < 4.78 is 7.09. The summed E-state index contributed by atoms with van der Waals surface area (Å²) in [6, 6.07) is 0.188. The number of hydrazine groups is 1. The summed E-state index contributed by atoms with van der Waals surface area (Å²) in [5.41, 5.74) is 7.24. The van der Waals surface area contributed by atoms with Crippen LogP contribution in [0.5, 0.6) is 0 Å². The Kier molecular flexibility index (Phi) is 8.77. The van der Waals surface area contributed by atoms with E-state index in [1.807, 2.05) is 22.6 Å². The summed E-state index contributed by atoms with van der Waals surface area (Å²) in [7, 11) is 1.71. The van der Waals surface area contributed by atoms with Crippen LogP contribution in [-0.4, -0.2) is 84.0 Å². The van der Waals surface area contributed by atoms with Crippen LogP contribution in [0.4, 0.5) is 0 Å². The van der Waals surface area contributed by atoms with Gasteiger partial charge in [-0.1, -0.05) is 19.1 Å². The first-order chi connectivity index (χ1) is 17.4. The molecule has 3 aliphatic rings. The van der Waals surface area contributed by atoms with Gasteiger partial charge in [-0.3, -0.25) is 19.7 Å². The number of fused-ring (bicyclic) bond motifs is 1. The topological polar surface area (TPSA) is 91.7 Å². The van der Waals surface area contributed by atoms with E-state index in [1.54, 1.807) is 19.4 Å². The first-order valence-electron chi connectivity index (χ1n) is 13.1. The molecule has 3 heterocycles. The molecule has 0 unspecified atom stereocenters. The van der Waals surface area contributed by atoms with E-state index in [4.69, 9.17) is 4.74 Å². The number of aromatic nitrogens is 2. The number of hydrogen-bond acceptors (Lipinski definition) is 6. The van der Waals surface area contributed by atoms with Crippen LogP contribution in [0.2, 0.25) is 0 Å². The van der Waals surface area contributed by atoms with Crippen LogP contribution in [0, 0.1) is 5.92 Å². The molecule has 0 bridgehead atoms. The van der Waals surface area contributed by atoms with Crippen LogP contribution in [0.15, 0.2) is 36.1 Å². The summed E-state index contributed by atoms with van der Waals surface area (Å²) in [6.07, 6.45) is 9.92. The third-order valence-corrected chi connectivity index (χ3v) is 7.52. The Morgan fingerprint density at radius 1 is 1.36 bits per heavy atom. The Morgan fingerprint density at radius 3 is 2.83 bits per heavy atom. The van der Waals surface area contributed by atoms with E-state index in [0.29, 0.717) is 36.7 Å². The molecule has 1 atom stereocenters. The van der Waals surface area contributed by atoms with Crippen molar-refractivity contribution in [1.82, 2.24) is 30.4 Å². The Morgan fingerprint density at radius 2 is 2.17 bits per heavy atom. The van der Waals surface area contributed by atoms with Crippen LogP contribution in [0.25, 0.3) is 5.57 Å². The number of carbonyl (C=O) groups excluding carboxylic acids is 2. The van der Waals surface area contributed by atoms with Crippen molar-refractivity contribution in [1.29, 1.82) is 0 Å². The molecule has 2 fully saturated rings. The van der Waals surface area contributed by atoms with Crippen LogP contribution in [-0.2, 0) is 16.1 Å². The number of methoxy groups -OCH3 is 1. The first-order valence-corrected chi connectivity index (χ1v) is 13.1. The number of nitrogens with zero attached hydrogens (tertiary/aromatic N) is 4. The molecular formula is C27H40N6O3. The molecule has 36 heavy (non-hydrogen) atoms. The van der Waals surface area contributed by atoms with Crippen molar-refractivity contribution in [3.8, 4) is 0 Å². The van der Waals surface area contributed by atoms with E-state index in [-0.39, 0.29) is 17.9 Å². The van der Waals surface area contributed by atoms with Gasteiger partial charge in [-0.2, -0.15) is 5.10 Å². The molecule has 9 heteroatoms. The van der Waals surface area contributed by atoms with Crippen LogP contribution < -0.4 is 10.7 Å². The molecule has 1 aromatic heterocycles. The lowest BCUT2D eigenvalue weighted by atomic mass is 9.85. The van der Waals surface area contributed by atoms with E-state index < -0.39 is 0 Å². The highest BCUT2D eigenvalue weighted by molar-refractivity contribution is 6.04. The lowest BCUT2D eigenvalue weighted by Crippen LogP contribution is -2.58. The SMILES string of the molecule is C=C/C(C)=C(\C=C1/CNC(=O)c2cnn(CC3CCC3)c21)C(=O)N1CCN(NCCCOC)[C@@H](C)C1. The predicted octanol–water partition coefficient (Wildman–Crippen LogP) is 2.39. The molecule has 1 aliphatic carbocycles. The third kappa shape index (κ3) is 5.79. The molecule has 9 nitrogen and oxygen atoms in total. The van der Waals surface area contributed by atoms with Gasteiger partial charge >= 0.3 is 0 Å². The van der Waals surface area contributed by atoms with Crippen molar-refractivity contribution < 1.29 is 14.3 Å². The van der Waals surface area contributed by atoms with Gasteiger partial charge in [0.15, 0.2) is 0 Å². The van der Waals surface area contributed by atoms with Gasteiger partial charge in [0.25, 0.3) is 11.8 Å². The summed E-state index contributed by atoms with van der Waals surface area (Å²) in [4.78, 5) is 28.2. The second-order valence-corrected chi connectivity index (χ2v) is 10.1. The van der Waals surface area contributed by atoms with Crippen LogP contribution in [0.1, 0.15) is 55.6 Å². The summed E-state index contributed by atoms with van der Waals surface area (Å²) in [5, 5.41) is 9.70. The quantitative estimate of drug-likeness (QED) is 0.294. The van der Waals surface area contributed by atoms with Crippen LogP contribution in [0.3, 0.4) is 0 Å². The van der Waals surface area contributed by atoms with Gasteiger partial charge in [-0.25, -0.2) is 5.01 Å². The lowest BCUT2D eigenvalue weighted by molar-refractivity contribution is -0.130. The zero-order valence-electron chi connectivity index (χ0n) is 21.9. The van der Waals surface area contributed by atoms with Crippen molar-refractivity contribution >= 4 is 17.4 Å². The van der Waals surface area contributed by atoms with Crippen molar-refractivity contribution in [3.63, 3.8) is 0 Å². The smallest absolute Gasteiger partial charge is 0.255 e. The number of amides is 2. The second kappa shape index (κ2) is 12.0. The normalized spacial score (nSPS) is 22.6. The van der Waals surface area contributed by atoms with E-state index >= 15 is 0 Å². The maximum Gasteiger partial charge on any atom is 0.255 e. The van der Waals surface area contributed by atoms with Gasteiger partial charge < -0.3 is 15.0 Å². The van der Waals surface area contributed by atoms with E-state index in [0.717, 1.165) is 49.5 Å². The monoisotopic (exact) mass is 496 g/mol. The molecule has 2 N–H and O–H groups in total. The number of allylic oxidation sites excluding steroid dienone is 2. The Hall–Kier alpha value is -2.75. The maximum atomic E-state index is 13.8. The first kappa shape index (κ1) is 26.3. The lowest BCUT2D eigenvalue weighted by Gasteiger charge is -2.40. The Bertz CT molecular complexity index is 1040. The molecule has 1 aromatic rings. The molecule has 4 rings (SSSR count). The highest BCUT2D eigenvalue weighted by Crippen LogP contribution is 2.31. The Balaban J connectivity index is 1.53. The number of piperazine rings is 1. The fraction of sp³-hybridized carbons (Fsp3) is 0.593. The number of rotatable bonds is 10.